The van der Waals surface area contributed by atoms with Gasteiger partial charge in [-0.15, -0.1) is 10.2 Å². The van der Waals surface area contributed by atoms with Gasteiger partial charge in [0.1, 0.15) is 11.6 Å². The number of methoxy groups -OCH3 is 1. The van der Waals surface area contributed by atoms with Gasteiger partial charge < -0.3 is 14.0 Å². The van der Waals surface area contributed by atoms with E-state index >= 15 is 0 Å². The van der Waals surface area contributed by atoms with Crippen molar-refractivity contribution in [2.24, 2.45) is 0 Å². The number of rotatable bonds is 6. The molecule has 0 radical (unpaired) electrons. The molecule has 6 nitrogen and oxygen atoms in total. The van der Waals surface area contributed by atoms with Crippen LogP contribution in [0.25, 0.3) is 0 Å². The van der Waals surface area contributed by atoms with Gasteiger partial charge in [-0.25, -0.2) is 0 Å². The second-order valence-corrected chi connectivity index (χ2v) is 6.41. The molecule has 6 heteroatoms. The van der Waals surface area contributed by atoms with Gasteiger partial charge in [0, 0.05) is 25.6 Å². The molecule has 0 amide bonds. The van der Waals surface area contributed by atoms with E-state index in [0.29, 0.717) is 12.5 Å². The van der Waals surface area contributed by atoms with Crippen LogP contribution in [0.2, 0.25) is 0 Å². The first kappa shape index (κ1) is 16.8. The van der Waals surface area contributed by atoms with Gasteiger partial charge in [-0.05, 0) is 24.6 Å². The lowest BCUT2D eigenvalue weighted by Gasteiger charge is -2.28. The topological polar surface area (TPSA) is 52.4 Å². The first-order valence-corrected chi connectivity index (χ1v) is 8.56. The van der Waals surface area contributed by atoms with Crippen molar-refractivity contribution in [2.75, 3.05) is 20.3 Å². The molecule has 0 saturated heterocycles. The SMILES string of the molecule is CCOc1cc(CN2CCn3c(nnc3C(C)C)C2)ccc1OC. The van der Waals surface area contributed by atoms with Crippen molar-refractivity contribution >= 4 is 0 Å². The van der Waals surface area contributed by atoms with E-state index in [9.17, 15) is 0 Å². The highest BCUT2D eigenvalue weighted by Gasteiger charge is 2.22. The molecule has 0 atom stereocenters. The molecule has 2 aromatic rings. The lowest BCUT2D eigenvalue weighted by atomic mass is 10.1. The molecule has 0 unspecified atom stereocenters. The average molecular weight is 330 g/mol. The zero-order chi connectivity index (χ0) is 17.1. The Morgan fingerprint density at radius 1 is 1.17 bits per heavy atom. The van der Waals surface area contributed by atoms with E-state index in [1.807, 2.05) is 13.0 Å². The molecule has 3 rings (SSSR count). The summed E-state index contributed by atoms with van der Waals surface area (Å²) in [5.74, 6) is 4.14. The molecule has 2 heterocycles. The Morgan fingerprint density at radius 2 is 2.00 bits per heavy atom. The zero-order valence-electron chi connectivity index (χ0n) is 15.0. The average Bonchev–Trinajstić information content (AvgIpc) is 2.99. The number of aromatic nitrogens is 3. The molecule has 0 saturated carbocycles. The van der Waals surface area contributed by atoms with Crippen LogP contribution in [0.4, 0.5) is 0 Å². The van der Waals surface area contributed by atoms with E-state index in [-0.39, 0.29) is 0 Å². The summed E-state index contributed by atoms with van der Waals surface area (Å²) in [5.41, 5.74) is 1.22. The third kappa shape index (κ3) is 3.38. The minimum Gasteiger partial charge on any atom is -0.493 e. The van der Waals surface area contributed by atoms with Crippen molar-refractivity contribution in [1.29, 1.82) is 0 Å². The van der Waals surface area contributed by atoms with Gasteiger partial charge in [-0.2, -0.15) is 0 Å². The van der Waals surface area contributed by atoms with Crippen molar-refractivity contribution in [3.63, 3.8) is 0 Å². The highest BCUT2D eigenvalue weighted by atomic mass is 16.5. The Morgan fingerprint density at radius 3 is 2.71 bits per heavy atom. The maximum absolute atomic E-state index is 5.67. The van der Waals surface area contributed by atoms with Crippen LogP contribution in [-0.4, -0.2) is 39.9 Å². The minimum atomic E-state index is 0.410. The highest BCUT2D eigenvalue weighted by Crippen LogP contribution is 2.29. The molecule has 24 heavy (non-hydrogen) atoms. The Kier molecular flexibility index (Phi) is 5.04. The number of ether oxygens (including phenoxy) is 2. The van der Waals surface area contributed by atoms with Crippen molar-refractivity contribution < 1.29 is 9.47 Å². The van der Waals surface area contributed by atoms with Crippen molar-refractivity contribution in [1.82, 2.24) is 19.7 Å². The van der Waals surface area contributed by atoms with Crippen LogP contribution < -0.4 is 9.47 Å². The minimum absolute atomic E-state index is 0.410. The largest absolute Gasteiger partial charge is 0.493 e. The first-order chi connectivity index (χ1) is 11.6. The molecule has 130 valence electrons. The number of nitrogens with zero attached hydrogens (tertiary/aromatic N) is 4. The van der Waals surface area contributed by atoms with Gasteiger partial charge in [-0.1, -0.05) is 19.9 Å². The van der Waals surface area contributed by atoms with Crippen LogP contribution in [0.3, 0.4) is 0 Å². The number of benzene rings is 1. The first-order valence-electron chi connectivity index (χ1n) is 8.56. The molecule has 1 aliphatic rings. The molecule has 1 aromatic carbocycles. The number of fused-ring (bicyclic) bond motifs is 1. The number of hydrogen-bond donors (Lipinski definition) is 0. The van der Waals surface area contributed by atoms with Crippen molar-refractivity contribution in [3.8, 4) is 11.5 Å². The van der Waals surface area contributed by atoms with Gasteiger partial charge in [0.25, 0.3) is 0 Å². The molecule has 0 spiro atoms. The standard InChI is InChI=1S/C18H26N4O2/c1-5-24-16-10-14(6-7-15(16)23-4)11-21-8-9-22-17(12-21)19-20-18(22)13(2)3/h6-7,10,13H,5,8-9,11-12H2,1-4H3. The summed E-state index contributed by atoms with van der Waals surface area (Å²) >= 11 is 0. The fourth-order valence-electron chi connectivity index (χ4n) is 3.14. The maximum Gasteiger partial charge on any atom is 0.161 e. The predicted octanol–water partition coefficient (Wildman–Crippen LogP) is 2.82. The molecule has 0 N–H and O–H groups in total. The molecule has 0 aliphatic carbocycles. The summed E-state index contributed by atoms with van der Waals surface area (Å²) in [7, 11) is 1.67. The second kappa shape index (κ2) is 7.21. The van der Waals surface area contributed by atoms with Crippen LogP contribution in [0, 0.1) is 0 Å². The fraction of sp³-hybridized carbons (Fsp3) is 0.556. The summed E-state index contributed by atoms with van der Waals surface area (Å²) in [6.07, 6.45) is 0. The zero-order valence-corrected chi connectivity index (χ0v) is 15.0. The normalized spacial score (nSPS) is 14.7. The molecular formula is C18H26N4O2. The summed E-state index contributed by atoms with van der Waals surface area (Å²) in [6.45, 7) is 10.6. The van der Waals surface area contributed by atoms with E-state index in [0.717, 1.165) is 49.3 Å². The van der Waals surface area contributed by atoms with Gasteiger partial charge in [0.05, 0.1) is 20.3 Å². The third-order valence-electron chi connectivity index (χ3n) is 4.31. The van der Waals surface area contributed by atoms with E-state index in [2.05, 4.69) is 45.6 Å². The Bertz CT molecular complexity index is 696. The predicted molar refractivity (Wildman–Crippen MR) is 92.4 cm³/mol. The third-order valence-corrected chi connectivity index (χ3v) is 4.31. The van der Waals surface area contributed by atoms with Gasteiger partial charge >= 0.3 is 0 Å². The van der Waals surface area contributed by atoms with Crippen LogP contribution in [0.15, 0.2) is 18.2 Å². The van der Waals surface area contributed by atoms with Crippen molar-refractivity contribution in [2.45, 2.75) is 46.3 Å². The van der Waals surface area contributed by atoms with E-state index in [1.165, 1.54) is 5.56 Å². The lowest BCUT2D eigenvalue weighted by Crippen LogP contribution is -2.34. The Labute approximate surface area is 143 Å². The van der Waals surface area contributed by atoms with E-state index in [1.54, 1.807) is 7.11 Å². The monoisotopic (exact) mass is 330 g/mol. The molecule has 0 fully saturated rings. The Hall–Kier alpha value is -2.08. The quantitative estimate of drug-likeness (QED) is 0.815. The molecule has 1 aliphatic heterocycles. The lowest BCUT2D eigenvalue weighted by molar-refractivity contribution is 0.206. The van der Waals surface area contributed by atoms with E-state index in [4.69, 9.17) is 9.47 Å². The van der Waals surface area contributed by atoms with Crippen LogP contribution in [-0.2, 0) is 19.6 Å². The molecule has 1 aromatic heterocycles. The fourth-order valence-corrected chi connectivity index (χ4v) is 3.14. The molecular weight excluding hydrogens is 304 g/mol. The van der Waals surface area contributed by atoms with Crippen LogP contribution in [0.1, 0.15) is 43.9 Å². The van der Waals surface area contributed by atoms with Crippen LogP contribution in [0.5, 0.6) is 11.5 Å². The van der Waals surface area contributed by atoms with Gasteiger partial charge in [-0.3, -0.25) is 4.90 Å². The smallest absolute Gasteiger partial charge is 0.161 e. The van der Waals surface area contributed by atoms with Crippen LogP contribution >= 0.6 is 0 Å². The highest BCUT2D eigenvalue weighted by molar-refractivity contribution is 5.43. The Balaban J connectivity index is 1.72. The summed E-state index contributed by atoms with van der Waals surface area (Å²) < 4.78 is 13.3. The second-order valence-electron chi connectivity index (χ2n) is 6.41. The van der Waals surface area contributed by atoms with E-state index < -0.39 is 0 Å². The van der Waals surface area contributed by atoms with Crippen molar-refractivity contribution in [3.05, 3.63) is 35.4 Å². The number of hydrogen-bond acceptors (Lipinski definition) is 5. The molecule has 0 bridgehead atoms. The van der Waals surface area contributed by atoms with Gasteiger partial charge in [0.15, 0.2) is 11.5 Å². The summed E-state index contributed by atoms with van der Waals surface area (Å²) in [4.78, 5) is 2.39. The summed E-state index contributed by atoms with van der Waals surface area (Å²) in [6, 6.07) is 6.14. The summed E-state index contributed by atoms with van der Waals surface area (Å²) in [5, 5.41) is 8.72. The maximum atomic E-state index is 5.67. The van der Waals surface area contributed by atoms with Gasteiger partial charge in [0.2, 0.25) is 0 Å².